The minimum atomic E-state index is -0.984. The lowest BCUT2D eigenvalue weighted by molar-refractivity contribution is -0.131. The van der Waals surface area contributed by atoms with E-state index in [2.05, 4.69) is 19.6 Å². The Labute approximate surface area is 211 Å². The second-order valence-corrected chi connectivity index (χ2v) is 8.64. The van der Waals surface area contributed by atoms with Gasteiger partial charge in [0.1, 0.15) is 0 Å². The first-order chi connectivity index (χ1) is 16.2. The molecule has 1 atom stereocenters. The number of aliphatic carboxylic acids is 1. The largest absolute Gasteiger partial charge is 0.478 e. The molecule has 0 aliphatic heterocycles. The molecule has 0 aromatic heterocycles. The van der Waals surface area contributed by atoms with Crippen LogP contribution in [-0.2, 0) is 4.79 Å². The third kappa shape index (κ3) is 7.21. The van der Waals surface area contributed by atoms with Crippen LogP contribution in [0.15, 0.2) is 94.1 Å². The van der Waals surface area contributed by atoms with Crippen molar-refractivity contribution in [3.05, 3.63) is 105 Å². The van der Waals surface area contributed by atoms with Crippen molar-refractivity contribution in [2.75, 3.05) is 5.73 Å². The predicted molar refractivity (Wildman–Crippen MR) is 145 cm³/mol. The first-order valence-corrected chi connectivity index (χ1v) is 11.8. The highest BCUT2D eigenvalue weighted by atomic mass is 35.5. The molecule has 0 heterocycles. The molecule has 4 N–H and O–H groups in total. The zero-order chi connectivity index (χ0) is 25.3. The van der Waals surface area contributed by atoms with Gasteiger partial charge < -0.3 is 16.2 Å². The monoisotopic (exact) mass is 496 g/mol. The molecule has 0 radical (unpaired) electrons. The Balaban J connectivity index is 2.68. The molecule has 0 fully saturated rings. The van der Waals surface area contributed by atoms with Crippen LogP contribution in [-0.4, -0.2) is 17.3 Å². The number of rotatable bonds is 9. The summed E-state index contributed by atoms with van der Waals surface area (Å²) in [5, 5.41) is 17.7. The van der Waals surface area contributed by atoms with Gasteiger partial charge in [0.15, 0.2) is 0 Å². The summed E-state index contributed by atoms with van der Waals surface area (Å²) in [6, 6.07) is 5.67. The number of nitrogen functional groups attached to an aromatic ring is 1. The Morgan fingerprint density at radius 2 is 2.09 bits per heavy atom. The van der Waals surface area contributed by atoms with Crippen LogP contribution in [0.1, 0.15) is 44.2 Å². The van der Waals surface area contributed by atoms with Crippen LogP contribution in [0.4, 0.5) is 5.69 Å². The van der Waals surface area contributed by atoms with Crippen LogP contribution in [0.25, 0.3) is 5.57 Å². The fraction of sp³-hybridized carbons (Fsp3) is 0.214. The van der Waals surface area contributed by atoms with Crippen LogP contribution in [0, 0.1) is 11.3 Å². The summed E-state index contributed by atoms with van der Waals surface area (Å²) >= 11 is 12.8. The highest BCUT2D eigenvalue weighted by molar-refractivity contribution is 6.36. The number of hydrogen-bond donors (Lipinski definition) is 3. The van der Waals surface area contributed by atoms with E-state index >= 15 is 0 Å². The van der Waals surface area contributed by atoms with Gasteiger partial charge in [-0.3, -0.25) is 0 Å². The maximum absolute atomic E-state index is 10.9. The SMILES string of the molecule is C=C(/C(Cl)=C\C(Cl)=C/C)/C(CC)=C(/c1ccc(N)c(C=N)c1)C1C=CC(/C=C/C(=O)O)=CCC1. The fourth-order valence-corrected chi connectivity index (χ4v) is 4.23. The van der Waals surface area contributed by atoms with Gasteiger partial charge in [-0.05, 0) is 78.3 Å². The third-order valence-electron chi connectivity index (χ3n) is 5.59. The Morgan fingerprint density at radius 1 is 1.35 bits per heavy atom. The molecule has 0 spiro atoms. The van der Waals surface area contributed by atoms with Gasteiger partial charge in [-0.25, -0.2) is 4.79 Å². The van der Waals surface area contributed by atoms with Gasteiger partial charge in [-0.15, -0.1) is 0 Å². The molecule has 1 aliphatic carbocycles. The highest BCUT2D eigenvalue weighted by Crippen LogP contribution is 2.40. The van der Waals surface area contributed by atoms with Gasteiger partial charge in [0.05, 0.1) is 0 Å². The minimum absolute atomic E-state index is 0.0162. The van der Waals surface area contributed by atoms with Crippen molar-refractivity contribution in [1.82, 2.24) is 0 Å². The van der Waals surface area contributed by atoms with Crippen LogP contribution in [0.5, 0.6) is 0 Å². The normalized spacial score (nSPS) is 17.8. The van der Waals surface area contributed by atoms with Crippen molar-refractivity contribution in [3.8, 4) is 0 Å². The number of hydrogen-bond acceptors (Lipinski definition) is 3. The van der Waals surface area contributed by atoms with Gasteiger partial charge in [0.25, 0.3) is 0 Å². The summed E-state index contributed by atoms with van der Waals surface area (Å²) in [5.41, 5.74) is 11.7. The molecule has 0 saturated heterocycles. The molecule has 6 heteroatoms. The minimum Gasteiger partial charge on any atom is -0.478 e. The van der Waals surface area contributed by atoms with E-state index in [9.17, 15) is 4.79 Å². The second kappa shape index (κ2) is 13.0. The van der Waals surface area contributed by atoms with E-state index in [0.717, 1.165) is 41.2 Å². The lowest BCUT2D eigenvalue weighted by atomic mass is 9.82. The van der Waals surface area contributed by atoms with Gasteiger partial charge >= 0.3 is 5.97 Å². The van der Waals surface area contributed by atoms with Crippen LogP contribution >= 0.6 is 23.2 Å². The molecule has 2 rings (SSSR count). The number of nitrogens with two attached hydrogens (primary N) is 1. The topological polar surface area (TPSA) is 87.2 Å². The van der Waals surface area contributed by atoms with Crippen molar-refractivity contribution < 1.29 is 9.90 Å². The molecule has 1 aromatic carbocycles. The van der Waals surface area contributed by atoms with Gasteiger partial charge in [-0.2, -0.15) is 0 Å². The summed E-state index contributed by atoms with van der Waals surface area (Å²) in [5.74, 6) is -0.968. The molecule has 4 nitrogen and oxygen atoms in total. The number of carboxylic acids is 1. The molecule has 1 aromatic rings. The van der Waals surface area contributed by atoms with Gasteiger partial charge in [-0.1, -0.05) is 67.1 Å². The average Bonchev–Trinajstić information content (AvgIpc) is 3.06. The summed E-state index contributed by atoms with van der Waals surface area (Å²) in [4.78, 5) is 10.9. The maximum atomic E-state index is 10.9. The molecular weight excluding hydrogens is 467 g/mol. The second-order valence-electron chi connectivity index (χ2n) is 7.80. The van der Waals surface area contributed by atoms with Crippen LogP contribution in [0.2, 0.25) is 0 Å². The zero-order valence-corrected chi connectivity index (χ0v) is 21.0. The van der Waals surface area contributed by atoms with Crippen LogP contribution < -0.4 is 5.73 Å². The zero-order valence-electron chi connectivity index (χ0n) is 19.4. The molecule has 0 saturated carbocycles. The quantitative estimate of drug-likeness (QED) is 0.141. The molecule has 1 aliphatic rings. The maximum Gasteiger partial charge on any atom is 0.328 e. The summed E-state index contributed by atoms with van der Waals surface area (Å²) in [6.07, 6.45) is 15.7. The lowest BCUT2D eigenvalue weighted by Gasteiger charge is -2.23. The smallest absolute Gasteiger partial charge is 0.328 e. The Bertz CT molecular complexity index is 1150. The number of nitrogens with one attached hydrogen (secondary N) is 1. The van der Waals surface area contributed by atoms with E-state index in [-0.39, 0.29) is 5.92 Å². The number of carbonyl (C=O) groups is 1. The summed E-state index contributed by atoms with van der Waals surface area (Å²) in [6.45, 7) is 8.16. The predicted octanol–water partition coefficient (Wildman–Crippen LogP) is 7.78. The fourth-order valence-electron chi connectivity index (χ4n) is 3.83. The van der Waals surface area contributed by atoms with E-state index in [1.54, 1.807) is 24.3 Å². The van der Waals surface area contributed by atoms with Crippen molar-refractivity contribution >= 4 is 46.6 Å². The molecule has 1 unspecified atom stereocenters. The number of halogens is 2. The Morgan fingerprint density at radius 3 is 2.71 bits per heavy atom. The first kappa shape index (κ1) is 27.2. The standard InChI is InChI=1S/C28H30Cl2N2O2/c1-4-23(29)16-25(30)18(3)24(5-2)28(21-12-13-26(32)22(15-21)17-31)20-8-6-7-19(9-11-20)10-14-27(33)34/h4,7,9-17,20,31H,3,5-6,8,32H2,1-2H3,(H,33,34)/b14-10+,23-4+,25-16+,28-24+,31-17?. The number of allylic oxidation sites excluding steroid dienone is 12. The Hall–Kier alpha value is -3.08. The van der Waals surface area contributed by atoms with E-state index in [1.165, 1.54) is 6.21 Å². The highest BCUT2D eigenvalue weighted by Gasteiger charge is 2.22. The Kier molecular flexibility index (Phi) is 10.4. The van der Waals surface area contributed by atoms with Crippen molar-refractivity contribution in [3.63, 3.8) is 0 Å². The van der Waals surface area contributed by atoms with Gasteiger partial charge in [0, 0.05) is 39.5 Å². The number of carboxylic acid groups (broad SMARTS) is 1. The molecule has 0 bridgehead atoms. The number of anilines is 1. The van der Waals surface area contributed by atoms with E-state index in [4.69, 9.17) is 39.5 Å². The lowest BCUT2D eigenvalue weighted by Crippen LogP contribution is -2.07. The van der Waals surface area contributed by atoms with Crippen molar-refractivity contribution in [1.29, 1.82) is 5.41 Å². The third-order valence-corrected chi connectivity index (χ3v) is 6.26. The van der Waals surface area contributed by atoms with Crippen LogP contribution in [0.3, 0.4) is 0 Å². The molecular formula is C28H30Cl2N2O2. The molecule has 178 valence electrons. The molecule has 34 heavy (non-hydrogen) atoms. The first-order valence-electron chi connectivity index (χ1n) is 11.0. The van der Waals surface area contributed by atoms with E-state index in [0.29, 0.717) is 33.3 Å². The van der Waals surface area contributed by atoms with E-state index in [1.807, 2.05) is 31.2 Å². The number of benzene rings is 1. The average molecular weight is 497 g/mol. The van der Waals surface area contributed by atoms with E-state index < -0.39 is 5.97 Å². The summed E-state index contributed by atoms with van der Waals surface area (Å²) < 4.78 is 0. The van der Waals surface area contributed by atoms with Crippen molar-refractivity contribution in [2.45, 2.75) is 33.1 Å². The summed E-state index contributed by atoms with van der Waals surface area (Å²) in [7, 11) is 0. The van der Waals surface area contributed by atoms with Gasteiger partial charge in [0.2, 0.25) is 0 Å². The van der Waals surface area contributed by atoms with Crippen molar-refractivity contribution in [2.24, 2.45) is 5.92 Å². The molecule has 0 amide bonds.